The van der Waals surface area contributed by atoms with E-state index >= 15 is 0 Å². The van der Waals surface area contributed by atoms with Crippen LogP contribution in [-0.2, 0) is 4.74 Å². The van der Waals surface area contributed by atoms with Gasteiger partial charge in [0.05, 0.1) is 13.2 Å². The van der Waals surface area contributed by atoms with Crippen molar-refractivity contribution in [2.75, 3.05) is 26.3 Å². The van der Waals surface area contributed by atoms with Gasteiger partial charge in [0.1, 0.15) is 0 Å². The Hall–Kier alpha value is -0.770. The molecule has 0 aromatic heterocycles. The van der Waals surface area contributed by atoms with Gasteiger partial charge in [0, 0.05) is 24.9 Å². The molecule has 2 aliphatic heterocycles. The number of rotatable bonds is 0. The first-order chi connectivity index (χ1) is 5.27. The van der Waals surface area contributed by atoms with Crippen LogP contribution in [0.2, 0.25) is 0 Å². The van der Waals surface area contributed by atoms with E-state index in [9.17, 15) is 0 Å². The largest absolute Gasteiger partial charge is 0.381 e. The minimum absolute atomic E-state index is 0.208. The van der Waals surface area contributed by atoms with Crippen LogP contribution in [0.15, 0.2) is 0 Å². The van der Waals surface area contributed by atoms with Crippen molar-refractivity contribution in [3.63, 3.8) is 0 Å². The first kappa shape index (κ1) is 6.91. The molecule has 0 saturated carbocycles. The van der Waals surface area contributed by atoms with E-state index < -0.39 is 0 Å². The van der Waals surface area contributed by atoms with Crippen LogP contribution in [-0.4, -0.2) is 37.2 Å². The fourth-order valence-electron chi connectivity index (χ4n) is 1.88. The Balaban J connectivity index is 1.99. The molecule has 4 nitrogen and oxygen atoms in total. The molecule has 2 rings (SSSR count). The average molecular weight is 155 g/mol. The van der Waals surface area contributed by atoms with Gasteiger partial charge in [-0.25, -0.2) is 0 Å². The molecule has 2 heterocycles. The maximum atomic E-state index is 7.23. The van der Waals surface area contributed by atoms with Gasteiger partial charge < -0.3 is 15.4 Å². The van der Waals surface area contributed by atoms with Gasteiger partial charge in [0.2, 0.25) is 0 Å². The summed E-state index contributed by atoms with van der Waals surface area (Å²) in [5, 5.41) is 7.23. The standard InChI is InChI=1S/C7H13N3O/c8-7(9)10-1-5-3-11-4-6(5)2-10/h5-6H,1-4H2,(H3,8,9)/t5-,6+. The molecule has 0 aliphatic carbocycles. The predicted molar refractivity (Wildman–Crippen MR) is 41.3 cm³/mol. The zero-order valence-corrected chi connectivity index (χ0v) is 6.42. The van der Waals surface area contributed by atoms with Gasteiger partial charge in [0.15, 0.2) is 5.96 Å². The Labute approximate surface area is 65.8 Å². The maximum Gasteiger partial charge on any atom is 0.188 e. The van der Waals surface area contributed by atoms with Gasteiger partial charge in [-0.1, -0.05) is 0 Å². The first-order valence-electron chi connectivity index (χ1n) is 3.94. The molecule has 0 unspecified atom stereocenters. The van der Waals surface area contributed by atoms with E-state index in [0.717, 1.165) is 26.3 Å². The van der Waals surface area contributed by atoms with Crippen molar-refractivity contribution in [2.24, 2.45) is 17.6 Å². The SMILES string of the molecule is N=C(N)N1C[C@H]2COC[C@H]2C1. The van der Waals surface area contributed by atoms with Crippen molar-refractivity contribution >= 4 is 5.96 Å². The van der Waals surface area contributed by atoms with Crippen molar-refractivity contribution in [3.8, 4) is 0 Å². The third-order valence-corrected chi connectivity index (χ3v) is 2.58. The monoisotopic (exact) mass is 155 g/mol. The molecule has 2 fully saturated rings. The van der Waals surface area contributed by atoms with Crippen LogP contribution in [0.3, 0.4) is 0 Å². The second kappa shape index (κ2) is 2.37. The summed E-state index contributed by atoms with van der Waals surface area (Å²) in [7, 11) is 0. The zero-order valence-electron chi connectivity index (χ0n) is 6.42. The predicted octanol–water partition coefficient (Wildman–Crippen LogP) is -0.542. The van der Waals surface area contributed by atoms with E-state index in [1.54, 1.807) is 0 Å². The molecule has 0 radical (unpaired) electrons. The molecule has 0 aromatic carbocycles. The first-order valence-corrected chi connectivity index (χ1v) is 3.94. The topological polar surface area (TPSA) is 62.3 Å². The highest BCUT2D eigenvalue weighted by Gasteiger charge is 2.37. The molecule has 11 heavy (non-hydrogen) atoms. The number of guanidine groups is 1. The summed E-state index contributed by atoms with van der Waals surface area (Å²) in [5.41, 5.74) is 5.37. The Morgan fingerprint density at radius 3 is 2.36 bits per heavy atom. The summed E-state index contributed by atoms with van der Waals surface area (Å²) in [4.78, 5) is 1.93. The van der Waals surface area contributed by atoms with Crippen LogP contribution in [0.5, 0.6) is 0 Å². The Bertz CT molecular complexity index is 171. The molecule has 2 saturated heterocycles. The van der Waals surface area contributed by atoms with Gasteiger partial charge in [-0.3, -0.25) is 5.41 Å². The molecule has 0 spiro atoms. The lowest BCUT2D eigenvalue weighted by Crippen LogP contribution is -2.35. The van der Waals surface area contributed by atoms with Crippen molar-refractivity contribution in [1.82, 2.24) is 4.90 Å². The van der Waals surface area contributed by atoms with Gasteiger partial charge in [-0.05, 0) is 0 Å². The minimum atomic E-state index is 0.208. The molecular formula is C7H13N3O. The lowest BCUT2D eigenvalue weighted by atomic mass is 10.0. The van der Waals surface area contributed by atoms with Crippen LogP contribution in [0.1, 0.15) is 0 Å². The second-order valence-electron chi connectivity index (χ2n) is 3.35. The van der Waals surface area contributed by atoms with E-state index in [1.165, 1.54) is 0 Å². The highest BCUT2D eigenvalue weighted by Crippen LogP contribution is 2.28. The fraction of sp³-hybridized carbons (Fsp3) is 0.857. The normalized spacial score (nSPS) is 35.8. The summed E-state index contributed by atoms with van der Waals surface area (Å²) in [6.45, 7) is 3.54. The number of nitrogens with zero attached hydrogens (tertiary/aromatic N) is 1. The number of hydrogen-bond donors (Lipinski definition) is 2. The van der Waals surface area contributed by atoms with E-state index in [-0.39, 0.29) is 5.96 Å². The summed E-state index contributed by atoms with van der Waals surface area (Å²) in [6.07, 6.45) is 0. The maximum absolute atomic E-state index is 7.23. The van der Waals surface area contributed by atoms with Crippen LogP contribution in [0.25, 0.3) is 0 Å². The van der Waals surface area contributed by atoms with Crippen LogP contribution in [0.4, 0.5) is 0 Å². The van der Waals surface area contributed by atoms with Crippen molar-refractivity contribution < 1.29 is 4.74 Å². The number of nitrogens with one attached hydrogen (secondary N) is 1. The number of likely N-dealkylation sites (tertiary alicyclic amines) is 1. The summed E-state index contributed by atoms with van der Waals surface area (Å²) >= 11 is 0. The van der Waals surface area contributed by atoms with E-state index in [1.807, 2.05) is 4.90 Å². The summed E-state index contributed by atoms with van der Waals surface area (Å²) in [6, 6.07) is 0. The molecule has 0 bridgehead atoms. The van der Waals surface area contributed by atoms with Crippen LogP contribution < -0.4 is 5.73 Å². The van der Waals surface area contributed by atoms with Crippen LogP contribution >= 0.6 is 0 Å². The molecule has 3 N–H and O–H groups in total. The molecular weight excluding hydrogens is 142 g/mol. The summed E-state index contributed by atoms with van der Waals surface area (Å²) < 4.78 is 5.30. The third kappa shape index (κ3) is 1.07. The number of nitrogens with two attached hydrogens (primary N) is 1. The van der Waals surface area contributed by atoms with Gasteiger partial charge in [-0.15, -0.1) is 0 Å². The van der Waals surface area contributed by atoms with Gasteiger partial charge in [0.25, 0.3) is 0 Å². The highest BCUT2D eigenvalue weighted by atomic mass is 16.5. The van der Waals surface area contributed by atoms with Crippen molar-refractivity contribution in [1.29, 1.82) is 5.41 Å². The Kier molecular flexibility index (Phi) is 1.49. The van der Waals surface area contributed by atoms with Crippen molar-refractivity contribution in [2.45, 2.75) is 0 Å². The van der Waals surface area contributed by atoms with E-state index in [0.29, 0.717) is 11.8 Å². The number of hydrogen-bond acceptors (Lipinski definition) is 2. The van der Waals surface area contributed by atoms with Crippen LogP contribution in [0, 0.1) is 17.2 Å². The smallest absolute Gasteiger partial charge is 0.188 e. The van der Waals surface area contributed by atoms with Gasteiger partial charge in [-0.2, -0.15) is 0 Å². The second-order valence-corrected chi connectivity index (χ2v) is 3.35. The fourth-order valence-corrected chi connectivity index (χ4v) is 1.88. The van der Waals surface area contributed by atoms with E-state index in [4.69, 9.17) is 15.9 Å². The minimum Gasteiger partial charge on any atom is -0.381 e. The quantitative estimate of drug-likeness (QED) is 0.365. The average Bonchev–Trinajstić information content (AvgIpc) is 2.40. The molecule has 2 aliphatic rings. The molecule has 4 heteroatoms. The van der Waals surface area contributed by atoms with Crippen molar-refractivity contribution in [3.05, 3.63) is 0 Å². The number of fused-ring (bicyclic) bond motifs is 1. The molecule has 0 amide bonds. The summed E-state index contributed by atoms with van der Waals surface area (Å²) in [5.74, 6) is 1.46. The Morgan fingerprint density at radius 2 is 1.91 bits per heavy atom. The molecule has 2 atom stereocenters. The third-order valence-electron chi connectivity index (χ3n) is 2.58. The number of ether oxygens (including phenoxy) is 1. The Morgan fingerprint density at radius 1 is 1.36 bits per heavy atom. The molecule has 62 valence electrons. The lowest BCUT2D eigenvalue weighted by Gasteiger charge is -2.15. The highest BCUT2D eigenvalue weighted by molar-refractivity contribution is 5.74. The lowest BCUT2D eigenvalue weighted by molar-refractivity contribution is 0.166. The molecule has 0 aromatic rings. The van der Waals surface area contributed by atoms with E-state index in [2.05, 4.69) is 0 Å². The zero-order chi connectivity index (χ0) is 7.84. The van der Waals surface area contributed by atoms with Gasteiger partial charge >= 0.3 is 0 Å².